The maximum atomic E-state index is 12.6. The van der Waals surface area contributed by atoms with Crippen LogP contribution in [-0.2, 0) is 15.0 Å². The molecule has 0 bridgehead atoms. The molecule has 180 valence electrons. The van der Waals surface area contributed by atoms with Crippen LogP contribution in [0.1, 0.15) is 52.5 Å². The second-order valence-electron chi connectivity index (χ2n) is 7.82. The number of nitrogens with two attached hydrogens (primary N) is 1. The number of ether oxygens (including phenoxy) is 1. The quantitative estimate of drug-likeness (QED) is 0.255. The number of carboxylic acid groups (broad SMARTS) is 2. The smallest absolute Gasteiger partial charge is 0.334 e. The van der Waals surface area contributed by atoms with Crippen LogP contribution in [0.3, 0.4) is 0 Å². The molecule has 1 aliphatic heterocycles. The predicted molar refractivity (Wildman–Crippen MR) is 122 cm³/mol. The number of nitro benzene ring substituents is 1. The van der Waals surface area contributed by atoms with Gasteiger partial charge in [0.05, 0.1) is 28.1 Å². The van der Waals surface area contributed by atoms with Gasteiger partial charge in [0.25, 0.3) is 5.69 Å². The van der Waals surface area contributed by atoms with Crippen LogP contribution in [0, 0.1) is 10.1 Å². The van der Waals surface area contributed by atoms with Crippen molar-refractivity contribution in [1.82, 2.24) is 4.90 Å². The van der Waals surface area contributed by atoms with Gasteiger partial charge in [0.1, 0.15) is 5.75 Å². The van der Waals surface area contributed by atoms with Crippen molar-refractivity contribution in [3.05, 3.63) is 56.4 Å². The van der Waals surface area contributed by atoms with Crippen LogP contribution < -0.4 is 10.5 Å². The number of unbranched alkanes of at least 4 members (excludes halogenated alkanes) is 1. The number of nitrogens with zero attached hydrogens (tertiary/aromatic N) is 2. The molecule has 0 spiro atoms. The van der Waals surface area contributed by atoms with Gasteiger partial charge in [-0.25, -0.2) is 9.59 Å². The fourth-order valence-corrected chi connectivity index (χ4v) is 4.75. The van der Waals surface area contributed by atoms with Crippen LogP contribution >= 0.6 is 0 Å². The van der Waals surface area contributed by atoms with Crippen molar-refractivity contribution in [1.29, 1.82) is 0 Å². The highest BCUT2D eigenvalue weighted by Gasteiger charge is 2.52. The number of carboxylic acids is 2. The van der Waals surface area contributed by atoms with Crippen molar-refractivity contribution < 1.29 is 29.5 Å². The molecule has 1 heterocycles. The molecular weight excluding hydrogens is 430 g/mol. The summed E-state index contributed by atoms with van der Waals surface area (Å²) in [7, 11) is 0. The van der Waals surface area contributed by atoms with E-state index in [1.807, 2.05) is 0 Å². The Balaban J connectivity index is 2.96. The van der Waals surface area contributed by atoms with Crippen molar-refractivity contribution in [3.8, 4) is 5.75 Å². The molecule has 1 aromatic carbocycles. The Kier molecular flexibility index (Phi) is 8.21. The monoisotopic (exact) mass is 461 g/mol. The van der Waals surface area contributed by atoms with Crippen molar-refractivity contribution in [2.75, 3.05) is 19.7 Å². The van der Waals surface area contributed by atoms with Gasteiger partial charge in [-0.05, 0) is 52.6 Å². The first kappa shape index (κ1) is 25.9. The first-order valence-corrected chi connectivity index (χ1v) is 10.9. The van der Waals surface area contributed by atoms with Gasteiger partial charge in [-0.2, -0.15) is 0 Å². The van der Waals surface area contributed by atoms with Gasteiger partial charge < -0.3 is 25.6 Å². The molecule has 1 aliphatic rings. The van der Waals surface area contributed by atoms with Crippen molar-refractivity contribution >= 4 is 17.6 Å². The van der Waals surface area contributed by atoms with Crippen molar-refractivity contribution in [2.24, 2.45) is 5.73 Å². The third-order valence-electron chi connectivity index (χ3n) is 6.15. The third-order valence-corrected chi connectivity index (χ3v) is 6.15. The molecule has 4 N–H and O–H groups in total. The van der Waals surface area contributed by atoms with Crippen LogP contribution in [0.2, 0.25) is 0 Å². The molecule has 0 saturated heterocycles. The van der Waals surface area contributed by atoms with Gasteiger partial charge in [0, 0.05) is 35.6 Å². The molecule has 0 atom stereocenters. The lowest BCUT2D eigenvalue weighted by molar-refractivity contribution is -0.385. The first-order valence-electron chi connectivity index (χ1n) is 10.9. The second kappa shape index (κ2) is 10.5. The van der Waals surface area contributed by atoms with Crippen molar-refractivity contribution in [2.45, 2.75) is 52.4 Å². The number of aliphatic carboxylic acids is 2. The van der Waals surface area contributed by atoms with E-state index in [9.17, 15) is 29.9 Å². The zero-order chi connectivity index (χ0) is 24.9. The topological polar surface area (TPSA) is 156 Å². The van der Waals surface area contributed by atoms with E-state index in [2.05, 4.69) is 0 Å². The molecule has 0 fully saturated rings. The summed E-state index contributed by atoms with van der Waals surface area (Å²) in [6.07, 6.45) is 1.37. The second-order valence-corrected chi connectivity index (χ2v) is 7.82. The SMILES string of the molecule is CCN1C(C)=C(C(=O)O)C(CC)(c2cc([N+](=O)[O-])ccc2OCCCCN)C(C(=O)O)=C1C. The van der Waals surface area contributed by atoms with Crippen LogP contribution in [-0.4, -0.2) is 51.7 Å². The maximum absolute atomic E-state index is 12.6. The normalized spacial score (nSPS) is 15.6. The summed E-state index contributed by atoms with van der Waals surface area (Å²) in [5.74, 6) is -2.37. The standard InChI is InChI=1S/C23H31N3O7/c1-5-23(17-13-16(26(31)32)9-10-18(17)33-12-8-7-11-24)19(21(27)28)14(3)25(6-2)15(4)20(23)22(29)30/h9-10,13H,5-8,11-12,24H2,1-4H3,(H,27,28)(H,29,30). The van der Waals surface area contributed by atoms with E-state index in [0.717, 1.165) is 0 Å². The Bertz CT molecular complexity index is 975. The molecule has 0 saturated carbocycles. The average Bonchev–Trinajstić information content (AvgIpc) is 2.75. The summed E-state index contributed by atoms with van der Waals surface area (Å²) in [4.78, 5) is 37.8. The molecule has 10 nitrogen and oxygen atoms in total. The minimum absolute atomic E-state index is 0.0445. The Morgan fingerprint density at radius 2 is 1.70 bits per heavy atom. The van der Waals surface area contributed by atoms with Gasteiger partial charge in [-0.3, -0.25) is 10.1 Å². The third kappa shape index (κ3) is 4.56. The summed E-state index contributed by atoms with van der Waals surface area (Å²) in [6, 6.07) is 3.90. The molecular formula is C23H31N3O7. The summed E-state index contributed by atoms with van der Waals surface area (Å²) in [6.45, 7) is 7.80. The number of allylic oxidation sites excluding steroid dienone is 2. The lowest BCUT2D eigenvalue weighted by Gasteiger charge is -2.44. The van der Waals surface area contributed by atoms with Crippen LogP contribution in [0.5, 0.6) is 5.75 Å². The Morgan fingerprint density at radius 1 is 1.12 bits per heavy atom. The fourth-order valence-electron chi connectivity index (χ4n) is 4.75. The molecule has 0 aromatic heterocycles. The van der Waals surface area contributed by atoms with E-state index in [4.69, 9.17) is 10.5 Å². The summed E-state index contributed by atoms with van der Waals surface area (Å²) in [5, 5.41) is 32.1. The van der Waals surface area contributed by atoms with Crippen LogP contribution in [0.15, 0.2) is 40.7 Å². The highest BCUT2D eigenvalue weighted by molar-refractivity contribution is 6.01. The Hall–Kier alpha value is -3.40. The molecule has 2 rings (SSSR count). The summed E-state index contributed by atoms with van der Waals surface area (Å²) < 4.78 is 5.91. The van der Waals surface area contributed by atoms with E-state index in [1.165, 1.54) is 18.2 Å². The summed E-state index contributed by atoms with van der Waals surface area (Å²) in [5.41, 5.74) is 4.23. The number of benzene rings is 1. The molecule has 10 heteroatoms. The molecule has 1 aromatic rings. The number of nitro groups is 1. The number of hydrogen-bond donors (Lipinski definition) is 3. The highest BCUT2D eigenvalue weighted by atomic mass is 16.6. The van der Waals surface area contributed by atoms with E-state index >= 15 is 0 Å². The van der Waals surface area contributed by atoms with Gasteiger partial charge in [0.15, 0.2) is 0 Å². The Morgan fingerprint density at radius 3 is 2.12 bits per heavy atom. The largest absolute Gasteiger partial charge is 0.493 e. The Labute approximate surface area is 192 Å². The summed E-state index contributed by atoms with van der Waals surface area (Å²) >= 11 is 0. The lowest BCUT2D eigenvalue weighted by Crippen LogP contribution is -2.45. The number of carbonyl (C=O) groups is 2. The number of rotatable bonds is 11. The van der Waals surface area contributed by atoms with Gasteiger partial charge in [0.2, 0.25) is 0 Å². The van der Waals surface area contributed by atoms with E-state index in [0.29, 0.717) is 37.3 Å². The average molecular weight is 462 g/mol. The van der Waals surface area contributed by atoms with E-state index in [-0.39, 0.29) is 41.2 Å². The van der Waals surface area contributed by atoms with Crippen molar-refractivity contribution in [3.63, 3.8) is 0 Å². The highest BCUT2D eigenvalue weighted by Crippen LogP contribution is 2.52. The minimum atomic E-state index is -1.66. The lowest BCUT2D eigenvalue weighted by atomic mass is 9.63. The van der Waals surface area contributed by atoms with Gasteiger partial charge in [-0.1, -0.05) is 6.92 Å². The minimum Gasteiger partial charge on any atom is -0.493 e. The van der Waals surface area contributed by atoms with Crippen LogP contribution in [0.25, 0.3) is 0 Å². The zero-order valence-corrected chi connectivity index (χ0v) is 19.4. The molecule has 0 unspecified atom stereocenters. The zero-order valence-electron chi connectivity index (χ0n) is 19.4. The number of hydrogen-bond acceptors (Lipinski definition) is 7. The van der Waals surface area contributed by atoms with E-state index < -0.39 is 22.3 Å². The fraction of sp³-hybridized carbons (Fsp3) is 0.478. The predicted octanol–water partition coefficient (Wildman–Crippen LogP) is 3.41. The molecule has 0 amide bonds. The molecule has 0 aliphatic carbocycles. The van der Waals surface area contributed by atoms with Crippen LogP contribution in [0.4, 0.5) is 5.69 Å². The molecule has 0 radical (unpaired) electrons. The van der Waals surface area contributed by atoms with Gasteiger partial charge >= 0.3 is 11.9 Å². The first-order chi connectivity index (χ1) is 15.6. The molecule has 33 heavy (non-hydrogen) atoms. The number of non-ortho nitro benzene ring substituents is 1. The van der Waals surface area contributed by atoms with Gasteiger partial charge in [-0.15, -0.1) is 0 Å². The maximum Gasteiger partial charge on any atom is 0.334 e. The van der Waals surface area contributed by atoms with E-state index in [1.54, 1.807) is 32.6 Å².